The number of rotatable bonds is 9. The van der Waals surface area contributed by atoms with E-state index in [4.69, 9.17) is 15.2 Å². The molecule has 140 valence electrons. The maximum Gasteiger partial charge on any atom is 0.306 e. The number of ether oxygens (including phenoxy) is 2. The minimum atomic E-state index is -0.357. The number of hydrogen-bond donors (Lipinski definition) is 1. The first kappa shape index (κ1) is 19.9. The van der Waals surface area contributed by atoms with Crippen molar-refractivity contribution in [3.8, 4) is 5.75 Å². The fourth-order valence-corrected chi connectivity index (χ4v) is 2.55. The van der Waals surface area contributed by atoms with Crippen molar-refractivity contribution in [1.29, 1.82) is 0 Å². The van der Waals surface area contributed by atoms with E-state index in [1.165, 1.54) is 12.1 Å². The zero-order chi connectivity index (χ0) is 18.9. The zero-order valence-corrected chi connectivity index (χ0v) is 15.3. The van der Waals surface area contributed by atoms with E-state index in [0.717, 1.165) is 5.56 Å². The molecule has 5 heteroatoms. The highest BCUT2D eigenvalue weighted by molar-refractivity contribution is 5.70. The van der Waals surface area contributed by atoms with Crippen LogP contribution in [-0.4, -0.2) is 18.6 Å². The molecule has 0 amide bonds. The van der Waals surface area contributed by atoms with Gasteiger partial charge in [0, 0.05) is 11.6 Å². The van der Waals surface area contributed by atoms with Crippen LogP contribution in [0.4, 0.5) is 4.39 Å². The minimum Gasteiger partial charge on any atom is -0.493 e. The summed E-state index contributed by atoms with van der Waals surface area (Å²) in [4.78, 5) is 12.1. The van der Waals surface area contributed by atoms with Gasteiger partial charge in [0.15, 0.2) is 0 Å². The van der Waals surface area contributed by atoms with Crippen LogP contribution < -0.4 is 10.5 Å². The van der Waals surface area contributed by atoms with Gasteiger partial charge in [-0.3, -0.25) is 4.79 Å². The third kappa shape index (κ3) is 6.48. The van der Waals surface area contributed by atoms with E-state index in [2.05, 4.69) is 0 Å². The van der Waals surface area contributed by atoms with Gasteiger partial charge in [-0.25, -0.2) is 4.39 Å². The fraction of sp³-hybridized carbons (Fsp3) is 0.381. The van der Waals surface area contributed by atoms with Gasteiger partial charge in [-0.15, -0.1) is 0 Å². The number of nitrogens with two attached hydrogens (primary N) is 1. The summed E-state index contributed by atoms with van der Waals surface area (Å²) in [5.74, 6) is -0.328. The largest absolute Gasteiger partial charge is 0.493 e. The van der Waals surface area contributed by atoms with Crippen LogP contribution in [0.25, 0.3) is 0 Å². The van der Waals surface area contributed by atoms with Crippen LogP contribution in [0.1, 0.15) is 43.7 Å². The lowest BCUT2D eigenvalue weighted by Crippen LogP contribution is -2.18. The number of carbonyl (C=O) groups excluding carboxylic acids is 1. The summed E-state index contributed by atoms with van der Waals surface area (Å²) in [5, 5.41) is 0. The van der Waals surface area contributed by atoms with Gasteiger partial charge in [0.25, 0.3) is 0 Å². The number of hydrogen-bond acceptors (Lipinski definition) is 4. The van der Waals surface area contributed by atoms with Crippen molar-refractivity contribution in [2.75, 3.05) is 6.61 Å². The number of halogens is 1. The molecule has 2 atom stereocenters. The normalized spacial score (nSPS) is 13.1. The number of benzene rings is 2. The summed E-state index contributed by atoms with van der Waals surface area (Å²) in [6, 6.07) is 13.9. The summed E-state index contributed by atoms with van der Waals surface area (Å²) >= 11 is 0. The van der Waals surface area contributed by atoms with E-state index in [0.29, 0.717) is 24.3 Å². The van der Waals surface area contributed by atoms with Crippen LogP contribution in [0.5, 0.6) is 5.75 Å². The molecular formula is C21H26FNO3. The molecule has 2 rings (SSSR count). The summed E-state index contributed by atoms with van der Waals surface area (Å²) < 4.78 is 24.7. The van der Waals surface area contributed by atoms with Crippen LogP contribution in [0.15, 0.2) is 48.5 Å². The summed E-state index contributed by atoms with van der Waals surface area (Å²) in [5.41, 5.74) is 7.31. The molecule has 0 spiro atoms. The Labute approximate surface area is 154 Å². The van der Waals surface area contributed by atoms with Gasteiger partial charge in [0.2, 0.25) is 0 Å². The van der Waals surface area contributed by atoms with E-state index in [1.807, 2.05) is 44.2 Å². The average Bonchev–Trinajstić information content (AvgIpc) is 2.61. The zero-order valence-electron chi connectivity index (χ0n) is 15.3. The highest BCUT2D eigenvalue weighted by Crippen LogP contribution is 2.30. The van der Waals surface area contributed by atoms with Crippen molar-refractivity contribution >= 4 is 5.97 Å². The Hall–Kier alpha value is -2.40. The molecule has 0 saturated heterocycles. The molecule has 26 heavy (non-hydrogen) atoms. The van der Waals surface area contributed by atoms with Gasteiger partial charge in [-0.05, 0) is 43.0 Å². The molecule has 0 radical (unpaired) electrons. The summed E-state index contributed by atoms with van der Waals surface area (Å²) in [6.07, 6.45) is 0.851. The Morgan fingerprint density at radius 2 is 1.88 bits per heavy atom. The maximum absolute atomic E-state index is 13.7. The third-order valence-electron chi connectivity index (χ3n) is 4.05. The number of esters is 1. The molecule has 2 aromatic carbocycles. The predicted octanol–water partition coefficient (Wildman–Crippen LogP) is 4.18. The van der Waals surface area contributed by atoms with Gasteiger partial charge in [0.1, 0.15) is 18.2 Å². The smallest absolute Gasteiger partial charge is 0.306 e. The molecule has 0 aliphatic heterocycles. The predicted molar refractivity (Wildman–Crippen MR) is 99.4 cm³/mol. The molecule has 0 aliphatic carbocycles. The molecule has 0 aliphatic rings. The Morgan fingerprint density at radius 1 is 1.15 bits per heavy atom. The van der Waals surface area contributed by atoms with Crippen molar-refractivity contribution in [2.45, 2.75) is 45.3 Å². The molecule has 0 unspecified atom stereocenters. The first-order valence-electron chi connectivity index (χ1n) is 8.83. The van der Waals surface area contributed by atoms with Crippen LogP contribution in [-0.2, 0) is 16.1 Å². The van der Waals surface area contributed by atoms with Crippen LogP contribution in [0.2, 0.25) is 0 Å². The molecular weight excluding hydrogens is 333 g/mol. The van der Waals surface area contributed by atoms with Gasteiger partial charge in [0.05, 0.1) is 13.0 Å². The average molecular weight is 359 g/mol. The Bertz CT molecular complexity index is 704. The second kappa shape index (κ2) is 9.92. The van der Waals surface area contributed by atoms with E-state index >= 15 is 0 Å². The summed E-state index contributed by atoms with van der Waals surface area (Å²) in [7, 11) is 0. The Kier molecular flexibility index (Phi) is 7.60. The molecule has 0 heterocycles. The van der Waals surface area contributed by atoms with Crippen molar-refractivity contribution < 1.29 is 18.7 Å². The molecule has 2 N–H and O–H groups in total. The van der Waals surface area contributed by atoms with Crippen molar-refractivity contribution in [3.05, 3.63) is 65.5 Å². The SMILES string of the molecule is C[C@@H](N)CCOc1ccc(F)cc1[C@@H](C)CC(=O)OCc1ccccc1. The van der Waals surface area contributed by atoms with Crippen LogP contribution in [0, 0.1) is 5.82 Å². The lowest BCUT2D eigenvalue weighted by atomic mass is 9.96. The van der Waals surface area contributed by atoms with Crippen molar-refractivity contribution in [1.82, 2.24) is 0 Å². The van der Waals surface area contributed by atoms with E-state index in [1.54, 1.807) is 6.07 Å². The molecule has 0 aromatic heterocycles. The van der Waals surface area contributed by atoms with Crippen LogP contribution >= 0.6 is 0 Å². The fourth-order valence-electron chi connectivity index (χ4n) is 2.55. The lowest BCUT2D eigenvalue weighted by molar-refractivity contribution is -0.145. The minimum absolute atomic E-state index is 0.0317. The van der Waals surface area contributed by atoms with E-state index in [-0.39, 0.29) is 36.8 Å². The maximum atomic E-state index is 13.7. The second-order valence-corrected chi connectivity index (χ2v) is 6.55. The molecule has 0 fully saturated rings. The van der Waals surface area contributed by atoms with Crippen LogP contribution in [0.3, 0.4) is 0 Å². The quantitative estimate of drug-likeness (QED) is 0.682. The van der Waals surface area contributed by atoms with Gasteiger partial charge in [-0.2, -0.15) is 0 Å². The first-order chi connectivity index (χ1) is 12.5. The topological polar surface area (TPSA) is 61.5 Å². The number of carbonyl (C=O) groups is 1. The highest BCUT2D eigenvalue weighted by atomic mass is 19.1. The van der Waals surface area contributed by atoms with Gasteiger partial charge in [-0.1, -0.05) is 37.3 Å². The van der Waals surface area contributed by atoms with E-state index in [9.17, 15) is 9.18 Å². The second-order valence-electron chi connectivity index (χ2n) is 6.55. The summed E-state index contributed by atoms with van der Waals surface area (Å²) in [6.45, 7) is 4.44. The van der Waals surface area contributed by atoms with Gasteiger partial charge >= 0.3 is 5.97 Å². The monoisotopic (exact) mass is 359 g/mol. The van der Waals surface area contributed by atoms with E-state index < -0.39 is 0 Å². The molecule has 0 bridgehead atoms. The lowest BCUT2D eigenvalue weighted by Gasteiger charge is -2.17. The third-order valence-corrected chi connectivity index (χ3v) is 4.05. The molecule has 2 aromatic rings. The Balaban J connectivity index is 1.95. The standard InChI is InChI=1S/C21H26FNO3/c1-15(12-21(24)26-14-17-6-4-3-5-7-17)19-13-18(22)8-9-20(19)25-11-10-16(2)23/h3-9,13,15-16H,10-12,14,23H2,1-2H3/t15-,16+/m0/s1. The first-order valence-corrected chi connectivity index (χ1v) is 8.83. The Morgan fingerprint density at radius 3 is 2.58 bits per heavy atom. The van der Waals surface area contributed by atoms with Crippen molar-refractivity contribution in [3.63, 3.8) is 0 Å². The van der Waals surface area contributed by atoms with Crippen molar-refractivity contribution in [2.24, 2.45) is 5.73 Å². The highest BCUT2D eigenvalue weighted by Gasteiger charge is 2.18. The molecule has 0 saturated carbocycles. The van der Waals surface area contributed by atoms with Gasteiger partial charge < -0.3 is 15.2 Å². The molecule has 4 nitrogen and oxygen atoms in total.